The summed E-state index contributed by atoms with van der Waals surface area (Å²) < 4.78 is 4.92. The lowest BCUT2D eigenvalue weighted by Crippen LogP contribution is -1.94. The van der Waals surface area contributed by atoms with Crippen LogP contribution in [0.1, 0.15) is 5.69 Å². The molecule has 0 saturated carbocycles. The van der Waals surface area contributed by atoms with Gasteiger partial charge in [0.2, 0.25) is 0 Å². The second kappa shape index (κ2) is 6.18. The number of ether oxygens (including phenoxy) is 1. The van der Waals surface area contributed by atoms with Crippen LogP contribution >= 0.6 is 23.4 Å². The highest BCUT2D eigenvalue weighted by Gasteiger charge is 1.95. The molecule has 0 aliphatic heterocycles. The molecule has 72 valence electrons. The van der Waals surface area contributed by atoms with Crippen LogP contribution in [0.2, 0.25) is 5.15 Å². The van der Waals surface area contributed by atoms with Crippen LogP contribution in [0.25, 0.3) is 0 Å². The second-order valence-corrected chi connectivity index (χ2v) is 3.87. The van der Waals surface area contributed by atoms with Gasteiger partial charge in [-0.3, -0.25) is 4.98 Å². The van der Waals surface area contributed by atoms with Crippen LogP contribution in [0.5, 0.6) is 0 Å². The van der Waals surface area contributed by atoms with Crippen molar-refractivity contribution in [3.8, 4) is 0 Å². The molecule has 0 saturated heterocycles. The van der Waals surface area contributed by atoms with Gasteiger partial charge in [0.05, 0.1) is 24.7 Å². The molecule has 0 atom stereocenters. The first-order chi connectivity index (χ1) is 6.33. The summed E-state index contributed by atoms with van der Waals surface area (Å²) in [5, 5.41) is 0.436. The highest BCUT2D eigenvalue weighted by molar-refractivity contribution is 7.98. The molecule has 0 aliphatic rings. The van der Waals surface area contributed by atoms with Gasteiger partial charge in [-0.2, -0.15) is 11.8 Å². The van der Waals surface area contributed by atoms with Crippen LogP contribution < -0.4 is 0 Å². The third kappa shape index (κ3) is 4.45. The Morgan fingerprint density at radius 3 is 2.92 bits per heavy atom. The lowest BCUT2D eigenvalue weighted by Gasteiger charge is -1.99. The molecule has 0 unspecified atom stereocenters. The maximum absolute atomic E-state index is 5.60. The molecule has 0 N–H and O–H groups in total. The van der Waals surface area contributed by atoms with Crippen LogP contribution in [0, 0.1) is 0 Å². The van der Waals surface area contributed by atoms with Crippen LogP contribution in [0.3, 0.4) is 0 Å². The zero-order valence-corrected chi connectivity index (χ0v) is 8.94. The molecular weight excluding hydrogens is 208 g/mol. The average Bonchev–Trinajstić information content (AvgIpc) is 2.15. The van der Waals surface area contributed by atoms with Gasteiger partial charge < -0.3 is 4.74 Å². The van der Waals surface area contributed by atoms with Gasteiger partial charge in [0.15, 0.2) is 0 Å². The molecule has 0 spiro atoms. The minimum Gasteiger partial charge on any atom is -0.384 e. The Hall–Kier alpha value is -0.320. The van der Waals surface area contributed by atoms with E-state index in [1.54, 1.807) is 31.3 Å². The lowest BCUT2D eigenvalue weighted by molar-refractivity contribution is 0.218. The van der Waals surface area contributed by atoms with Crippen molar-refractivity contribution >= 4 is 23.4 Å². The molecule has 13 heavy (non-hydrogen) atoms. The Morgan fingerprint density at radius 2 is 2.31 bits per heavy atom. The van der Waals surface area contributed by atoms with E-state index in [0.29, 0.717) is 5.15 Å². The molecule has 0 aliphatic carbocycles. The third-order valence-corrected chi connectivity index (χ3v) is 2.51. The first kappa shape index (κ1) is 10.8. The summed E-state index contributed by atoms with van der Waals surface area (Å²) >= 11 is 7.36. The Balaban J connectivity index is 2.25. The van der Waals surface area contributed by atoms with E-state index in [0.717, 1.165) is 23.8 Å². The predicted molar refractivity (Wildman–Crippen MR) is 55.1 cm³/mol. The summed E-state index contributed by atoms with van der Waals surface area (Å²) in [7, 11) is 1.70. The first-order valence-corrected chi connectivity index (χ1v) is 5.39. The van der Waals surface area contributed by atoms with Gasteiger partial charge in [0.1, 0.15) is 5.15 Å². The van der Waals surface area contributed by atoms with Crippen LogP contribution in [0.4, 0.5) is 0 Å². The second-order valence-electron chi connectivity index (χ2n) is 2.38. The van der Waals surface area contributed by atoms with Gasteiger partial charge in [-0.05, 0) is 0 Å². The van der Waals surface area contributed by atoms with E-state index >= 15 is 0 Å². The van der Waals surface area contributed by atoms with Gasteiger partial charge in [0.25, 0.3) is 0 Å². The van der Waals surface area contributed by atoms with Gasteiger partial charge in [-0.15, -0.1) is 0 Å². The SMILES string of the molecule is COCCSCc1cnc(Cl)cn1. The fraction of sp³-hybridized carbons (Fsp3) is 0.500. The highest BCUT2D eigenvalue weighted by Crippen LogP contribution is 2.09. The van der Waals surface area contributed by atoms with E-state index in [-0.39, 0.29) is 0 Å². The number of aromatic nitrogens is 2. The molecule has 0 bridgehead atoms. The quantitative estimate of drug-likeness (QED) is 0.709. The van der Waals surface area contributed by atoms with E-state index in [4.69, 9.17) is 16.3 Å². The summed E-state index contributed by atoms with van der Waals surface area (Å²) in [4.78, 5) is 8.06. The molecule has 1 aromatic heterocycles. The number of rotatable bonds is 5. The number of thioether (sulfide) groups is 1. The monoisotopic (exact) mass is 218 g/mol. The Morgan fingerprint density at radius 1 is 1.46 bits per heavy atom. The molecule has 0 aromatic carbocycles. The minimum absolute atomic E-state index is 0.436. The molecule has 1 aromatic rings. The first-order valence-electron chi connectivity index (χ1n) is 3.86. The number of halogens is 1. The summed E-state index contributed by atoms with van der Waals surface area (Å²) in [6.07, 6.45) is 3.26. The van der Waals surface area contributed by atoms with Crippen molar-refractivity contribution in [1.29, 1.82) is 0 Å². The molecule has 0 amide bonds. The molecule has 1 heterocycles. The van der Waals surface area contributed by atoms with Crippen molar-refractivity contribution in [3.05, 3.63) is 23.2 Å². The van der Waals surface area contributed by atoms with Crippen LogP contribution in [0.15, 0.2) is 12.4 Å². The van der Waals surface area contributed by atoms with Crippen molar-refractivity contribution in [2.24, 2.45) is 0 Å². The van der Waals surface area contributed by atoms with Crippen molar-refractivity contribution in [1.82, 2.24) is 9.97 Å². The molecule has 3 nitrogen and oxygen atoms in total. The fourth-order valence-corrected chi connectivity index (χ4v) is 1.62. The Kier molecular flexibility index (Phi) is 5.12. The third-order valence-electron chi connectivity index (χ3n) is 1.36. The van der Waals surface area contributed by atoms with Gasteiger partial charge in [-0.25, -0.2) is 4.98 Å². The van der Waals surface area contributed by atoms with E-state index in [9.17, 15) is 0 Å². The number of nitrogens with zero attached hydrogens (tertiary/aromatic N) is 2. The zero-order valence-electron chi connectivity index (χ0n) is 7.36. The predicted octanol–water partition coefficient (Wildman–Crippen LogP) is 2.01. The molecule has 1 rings (SSSR count). The smallest absolute Gasteiger partial charge is 0.147 e. The van der Waals surface area contributed by atoms with Crippen molar-refractivity contribution < 1.29 is 4.74 Å². The number of hydrogen-bond acceptors (Lipinski definition) is 4. The van der Waals surface area contributed by atoms with E-state index < -0.39 is 0 Å². The standard InChI is InChI=1S/C8H11ClN2OS/c1-12-2-3-13-6-7-4-11-8(9)5-10-7/h4-5H,2-3,6H2,1H3. The summed E-state index contributed by atoms with van der Waals surface area (Å²) in [6, 6.07) is 0. The Labute approximate surface area is 86.9 Å². The summed E-state index contributed by atoms with van der Waals surface area (Å²) in [5.41, 5.74) is 0.950. The van der Waals surface area contributed by atoms with Gasteiger partial charge in [0, 0.05) is 18.6 Å². The maximum atomic E-state index is 5.60. The topological polar surface area (TPSA) is 35.0 Å². The van der Waals surface area contributed by atoms with Crippen molar-refractivity contribution in [2.75, 3.05) is 19.5 Å². The van der Waals surface area contributed by atoms with Gasteiger partial charge >= 0.3 is 0 Å². The maximum Gasteiger partial charge on any atom is 0.147 e. The van der Waals surface area contributed by atoms with E-state index in [1.165, 1.54) is 0 Å². The van der Waals surface area contributed by atoms with E-state index in [1.807, 2.05) is 0 Å². The lowest BCUT2D eigenvalue weighted by atomic mass is 10.5. The van der Waals surface area contributed by atoms with Crippen molar-refractivity contribution in [3.63, 3.8) is 0 Å². The molecule has 0 radical (unpaired) electrons. The zero-order chi connectivity index (χ0) is 9.52. The highest BCUT2D eigenvalue weighted by atomic mass is 35.5. The largest absolute Gasteiger partial charge is 0.384 e. The van der Waals surface area contributed by atoms with E-state index in [2.05, 4.69) is 9.97 Å². The van der Waals surface area contributed by atoms with Crippen LogP contribution in [-0.4, -0.2) is 29.4 Å². The molecule has 0 fully saturated rings. The number of methoxy groups -OCH3 is 1. The number of hydrogen-bond donors (Lipinski definition) is 0. The summed E-state index contributed by atoms with van der Waals surface area (Å²) in [5.74, 6) is 1.83. The average molecular weight is 219 g/mol. The van der Waals surface area contributed by atoms with Gasteiger partial charge in [-0.1, -0.05) is 11.6 Å². The normalized spacial score (nSPS) is 10.3. The molecule has 5 heteroatoms. The molecular formula is C8H11ClN2OS. The minimum atomic E-state index is 0.436. The van der Waals surface area contributed by atoms with Crippen molar-refractivity contribution in [2.45, 2.75) is 5.75 Å². The fourth-order valence-electron chi connectivity index (χ4n) is 0.733. The summed E-state index contributed by atoms with van der Waals surface area (Å²) in [6.45, 7) is 0.770. The van der Waals surface area contributed by atoms with Crippen LogP contribution in [-0.2, 0) is 10.5 Å². The Bertz CT molecular complexity index is 242.